The molecule has 2 rings (SSSR count). The molecule has 1 aromatic carbocycles. The summed E-state index contributed by atoms with van der Waals surface area (Å²) in [6.45, 7) is 9.90. The molecule has 0 spiro atoms. The zero-order valence-corrected chi connectivity index (χ0v) is 13.4. The lowest BCUT2D eigenvalue weighted by atomic mass is 10.2. The SMILES string of the molecule is C=C1CN(C(=O)OC(C)(C)C)C[C@@H]1Oc1ccc(C#N)c(F)c1. The number of halogens is 1. The van der Waals surface area contributed by atoms with Gasteiger partial charge < -0.3 is 14.4 Å². The maximum atomic E-state index is 13.6. The van der Waals surface area contributed by atoms with Crippen LogP contribution >= 0.6 is 0 Å². The van der Waals surface area contributed by atoms with E-state index in [0.717, 1.165) is 6.07 Å². The molecule has 0 unspecified atom stereocenters. The summed E-state index contributed by atoms with van der Waals surface area (Å²) in [7, 11) is 0. The maximum absolute atomic E-state index is 13.6. The summed E-state index contributed by atoms with van der Waals surface area (Å²) in [6.07, 6.45) is -0.870. The number of amides is 1. The van der Waals surface area contributed by atoms with Gasteiger partial charge >= 0.3 is 6.09 Å². The summed E-state index contributed by atoms with van der Waals surface area (Å²) in [5, 5.41) is 8.72. The fourth-order valence-corrected chi connectivity index (χ4v) is 2.15. The van der Waals surface area contributed by atoms with Gasteiger partial charge in [-0.15, -0.1) is 0 Å². The minimum atomic E-state index is -0.641. The van der Waals surface area contributed by atoms with Gasteiger partial charge in [0, 0.05) is 12.6 Å². The van der Waals surface area contributed by atoms with E-state index >= 15 is 0 Å². The van der Waals surface area contributed by atoms with Crippen molar-refractivity contribution < 1.29 is 18.7 Å². The highest BCUT2D eigenvalue weighted by molar-refractivity contribution is 5.69. The van der Waals surface area contributed by atoms with Crippen molar-refractivity contribution in [2.45, 2.75) is 32.5 Å². The van der Waals surface area contributed by atoms with Gasteiger partial charge in [-0.25, -0.2) is 9.18 Å². The lowest BCUT2D eigenvalue weighted by molar-refractivity contribution is 0.0276. The number of hydrogen-bond donors (Lipinski definition) is 0. The molecular formula is C17H19FN2O3. The van der Waals surface area contributed by atoms with Crippen LogP contribution in [0.2, 0.25) is 0 Å². The number of benzene rings is 1. The number of rotatable bonds is 2. The van der Waals surface area contributed by atoms with E-state index in [0.29, 0.717) is 17.9 Å². The summed E-state index contributed by atoms with van der Waals surface area (Å²) >= 11 is 0. The van der Waals surface area contributed by atoms with Crippen molar-refractivity contribution in [1.82, 2.24) is 4.90 Å². The van der Waals surface area contributed by atoms with Crippen molar-refractivity contribution in [1.29, 1.82) is 5.26 Å². The molecule has 0 aliphatic carbocycles. The standard InChI is InChI=1S/C17H19FN2O3/c1-11-9-20(16(21)23-17(2,3)4)10-15(11)22-13-6-5-12(8-19)14(18)7-13/h5-7,15H,1,9-10H2,2-4H3/t15-/m0/s1. The fourth-order valence-electron chi connectivity index (χ4n) is 2.15. The third kappa shape index (κ3) is 4.22. The van der Waals surface area contributed by atoms with E-state index in [1.54, 1.807) is 26.8 Å². The van der Waals surface area contributed by atoms with Crippen molar-refractivity contribution in [3.8, 4) is 11.8 Å². The average molecular weight is 318 g/mol. The molecule has 1 saturated heterocycles. The summed E-state index contributed by atoms with van der Waals surface area (Å²) in [5.41, 5.74) is 0.0896. The van der Waals surface area contributed by atoms with Gasteiger partial charge in [0.2, 0.25) is 0 Å². The Kier molecular flexibility index (Phi) is 4.60. The van der Waals surface area contributed by atoms with Crippen LogP contribution in [-0.2, 0) is 4.74 Å². The summed E-state index contributed by atoms with van der Waals surface area (Å²) in [6, 6.07) is 5.78. The van der Waals surface area contributed by atoms with Crippen molar-refractivity contribution in [3.63, 3.8) is 0 Å². The maximum Gasteiger partial charge on any atom is 0.410 e. The molecule has 1 aliphatic heterocycles. The molecule has 122 valence electrons. The minimum Gasteiger partial charge on any atom is -0.484 e. The number of carbonyl (C=O) groups is 1. The molecule has 23 heavy (non-hydrogen) atoms. The Balaban J connectivity index is 2.02. The predicted molar refractivity (Wildman–Crippen MR) is 82.5 cm³/mol. The first-order valence-corrected chi connectivity index (χ1v) is 7.21. The predicted octanol–water partition coefficient (Wildman–Crippen LogP) is 3.25. The largest absolute Gasteiger partial charge is 0.484 e. The molecule has 0 aromatic heterocycles. The Hall–Kier alpha value is -2.55. The van der Waals surface area contributed by atoms with Crippen LogP contribution in [0.25, 0.3) is 0 Å². The first kappa shape index (κ1) is 16.8. The highest BCUT2D eigenvalue weighted by Gasteiger charge is 2.33. The summed E-state index contributed by atoms with van der Waals surface area (Å²) < 4.78 is 24.6. The molecule has 1 heterocycles. The van der Waals surface area contributed by atoms with Gasteiger partial charge in [-0.3, -0.25) is 0 Å². The number of likely N-dealkylation sites (tertiary alicyclic amines) is 1. The van der Waals surface area contributed by atoms with Crippen LogP contribution in [0.3, 0.4) is 0 Å². The van der Waals surface area contributed by atoms with E-state index in [9.17, 15) is 9.18 Å². The van der Waals surface area contributed by atoms with Crippen LogP contribution in [0.15, 0.2) is 30.4 Å². The Bertz CT molecular complexity index is 673. The van der Waals surface area contributed by atoms with Gasteiger partial charge in [0.15, 0.2) is 0 Å². The molecule has 0 N–H and O–H groups in total. The third-order valence-corrected chi connectivity index (χ3v) is 3.23. The summed E-state index contributed by atoms with van der Waals surface area (Å²) in [5.74, 6) is -0.351. The quantitative estimate of drug-likeness (QED) is 0.785. The van der Waals surface area contributed by atoms with Gasteiger partial charge in [-0.2, -0.15) is 5.26 Å². The highest BCUT2D eigenvalue weighted by atomic mass is 19.1. The second-order valence-corrected chi connectivity index (χ2v) is 6.38. The zero-order chi connectivity index (χ0) is 17.2. The Morgan fingerprint density at radius 1 is 1.48 bits per heavy atom. The van der Waals surface area contributed by atoms with Gasteiger partial charge in [0.05, 0.1) is 12.1 Å². The topological polar surface area (TPSA) is 62.6 Å². The molecule has 5 nitrogen and oxygen atoms in total. The second kappa shape index (κ2) is 6.29. The first-order valence-electron chi connectivity index (χ1n) is 7.21. The van der Waals surface area contributed by atoms with E-state index < -0.39 is 23.6 Å². The normalized spacial score (nSPS) is 17.8. The molecular weight excluding hydrogens is 299 g/mol. The van der Waals surface area contributed by atoms with E-state index in [4.69, 9.17) is 14.7 Å². The van der Waals surface area contributed by atoms with Crippen molar-refractivity contribution >= 4 is 6.09 Å². The van der Waals surface area contributed by atoms with E-state index in [1.807, 2.05) is 0 Å². The molecule has 1 aliphatic rings. The van der Waals surface area contributed by atoms with Crippen LogP contribution in [0, 0.1) is 17.1 Å². The van der Waals surface area contributed by atoms with Crippen LogP contribution in [0.5, 0.6) is 5.75 Å². The highest BCUT2D eigenvalue weighted by Crippen LogP contribution is 2.24. The van der Waals surface area contributed by atoms with E-state index in [2.05, 4.69) is 6.58 Å². The number of ether oxygens (including phenoxy) is 2. The zero-order valence-electron chi connectivity index (χ0n) is 13.4. The molecule has 6 heteroatoms. The Morgan fingerprint density at radius 2 is 2.17 bits per heavy atom. The van der Waals surface area contributed by atoms with Crippen molar-refractivity contribution in [2.75, 3.05) is 13.1 Å². The Labute approximate surface area is 134 Å². The molecule has 1 atom stereocenters. The van der Waals surface area contributed by atoms with Gasteiger partial charge in [0.25, 0.3) is 0 Å². The average Bonchev–Trinajstić information content (AvgIpc) is 2.79. The first-order chi connectivity index (χ1) is 10.7. The van der Waals surface area contributed by atoms with Crippen LogP contribution < -0.4 is 4.74 Å². The molecule has 1 aromatic rings. The van der Waals surface area contributed by atoms with Gasteiger partial charge in [-0.05, 0) is 38.5 Å². The van der Waals surface area contributed by atoms with Crippen LogP contribution in [0.4, 0.5) is 9.18 Å². The lowest BCUT2D eigenvalue weighted by Gasteiger charge is -2.24. The Morgan fingerprint density at radius 3 is 2.74 bits per heavy atom. The summed E-state index contributed by atoms with van der Waals surface area (Å²) in [4.78, 5) is 13.6. The lowest BCUT2D eigenvalue weighted by Crippen LogP contribution is -2.36. The third-order valence-electron chi connectivity index (χ3n) is 3.23. The molecule has 1 amide bonds. The number of nitrogens with zero attached hydrogens (tertiary/aromatic N) is 2. The monoisotopic (exact) mass is 318 g/mol. The second-order valence-electron chi connectivity index (χ2n) is 6.38. The molecule has 0 bridgehead atoms. The van der Waals surface area contributed by atoms with E-state index in [1.165, 1.54) is 17.0 Å². The number of carbonyl (C=O) groups excluding carboxylic acids is 1. The minimum absolute atomic E-state index is 0.0435. The van der Waals surface area contributed by atoms with Crippen LogP contribution in [0.1, 0.15) is 26.3 Å². The molecule has 0 radical (unpaired) electrons. The fraction of sp³-hybridized carbons (Fsp3) is 0.412. The molecule has 0 saturated carbocycles. The number of hydrogen-bond acceptors (Lipinski definition) is 4. The smallest absolute Gasteiger partial charge is 0.410 e. The van der Waals surface area contributed by atoms with Crippen LogP contribution in [-0.4, -0.2) is 35.8 Å². The van der Waals surface area contributed by atoms with Crippen molar-refractivity contribution in [2.24, 2.45) is 0 Å². The van der Waals surface area contributed by atoms with Crippen molar-refractivity contribution in [3.05, 3.63) is 41.7 Å². The van der Waals surface area contributed by atoms with Gasteiger partial charge in [-0.1, -0.05) is 6.58 Å². The van der Waals surface area contributed by atoms with E-state index in [-0.39, 0.29) is 12.1 Å². The van der Waals surface area contributed by atoms with Gasteiger partial charge in [0.1, 0.15) is 29.3 Å². The number of nitriles is 1. The molecule has 1 fully saturated rings.